The van der Waals surface area contributed by atoms with Crippen LogP contribution in [0.3, 0.4) is 0 Å². The predicted molar refractivity (Wildman–Crippen MR) is 84.2 cm³/mol. The second kappa shape index (κ2) is 6.69. The first-order valence-corrected chi connectivity index (χ1v) is 6.58. The SMILES string of the molecule is C=C/C(C#N)=C(Cl)\C=C\c1cn(C)c(-c2ccccn2)n1. The minimum atomic E-state index is 0.328. The highest BCUT2D eigenvalue weighted by atomic mass is 35.5. The van der Waals surface area contributed by atoms with Crippen molar-refractivity contribution in [3.05, 3.63) is 65.6 Å². The fourth-order valence-corrected chi connectivity index (χ4v) is 1.93. The first-order chi connectivity index (χ1) is 10.2. The van der Waals surface area contributed by atoms with Crippen LogP contribution in [-0.2, 0) is 7.05 Å². The molecular formula is C16H13ClN4. The van der Waals surface area contributed by atoms with Crippen LogP contribution in [0.1, 0.15) is 5.69 Å². The molecule has 0 atom stereocenters. The van der Waals surface area contributed by atoms with Gasteiger partial charge in [-0.3, -0.25) is 4.98 Å². The Bertz CT molecular complexity index is 748. The summed E-state index contributed by atoms with van der Waals surface area (Å²) in [6.07, 6.45) is 8.39. The van der Waals surface area contributed by atoms with E-state index >= 15 is 0 Å². The van der Waals surface area contributed by atoms with E-state index in [4.69, 9.17) is 16.9 Å². The molecule has 2 aromatic rings. The first-order valence-electron chi connectivity index (χ1n) is 6.21. The van der Waals surface area contributed by atoms with Crippen molar-refractivity contribution in [3.8, 4) is 17.6 Å². The number of imidazole rings is 1. The van der Waals surface area contributed by atoms with Crippen molar-refractivity contribution in [2.45, 2.75) is 0 Å². The third kappa shape index (κ3) is 3.47. The zero-order chi connectivity index (χ0) is 15.2. The van der Waals surface area contributed by atoms with Crippen molar-refractivity contribution < 1.29 is 0 Å². The van der Waals surface area contributed by atoms with Crippen LogP contribution in [0.25, 0.3) is 17.6 Å². The first kappa shape index (κ1) is 14.8. The van der Waals surface area contributed by atoms with Crippen LogP contribution in [-0.4, -0.2) is 14.5 Å². The van der Waals surface area contributed by atoms with E-state index in [2.05, 4.69) is 16.5 Å². The highest BCUT2D eigenvalue weighted by molar-refractivity contribution is 6.32. The minimum absolute atomic E-state index is 0.328. The Hall–Kier alpha value is -2.64. The van der Waals surface area contributed by atoms with Crippen molar-refractivity contribution in [1.29, 1.82) is 5.26 Å². The molecule has 0 saturated heterocycles. The Morgan fingerprint density at radius 1 is 1.48 bits per heavy atom. The van der Waals surface area contributed by atoms with Crippen molar-refractivity contribution in [3.63, 3.8) is 0 Å². The average Bonchev–Trinajstić information content (AvgIpc) is 2.88. The standard InChI is InChI=1S/C16H13ClN4/c1-3-12(10-18)14(17)8-7-13-11-21(2)16(20-13)15-6-4-5-9-19-15/h3-9,11H,1H2,2H3/b8-7+,14-12-. The quantitative estimate of drug-likeness (QED) is 0.638. The highest BCUT2D eigenvalue weighted by Crippen LogP contribution is 2.17. The molecule has 0 spiro atoms. The van der Waals surface area contributed by atoms with Crippen LogP contribution in [0.2, 0.25) is 0 Å². The summed E-state index contributed by atoms with van der Waals surface area (Å²) in [6.45, 7) is 3.54. The largest absolute Gasteiger partial charge is 0.332 e. The van der Waals surface area contributed by atoms with E-state index in [1.807, 2.05) is 42.1 Å². The van der Waals surface area contributed by atoms with E-state index in [0.29, 0.717) is 10.6 Å². The van der Waals surface area contributed by atoms with Gasteiger partial charge in [-0.15, -0.1) is 0 Å². The summed E-state index contributed by atoms with van der Waals surface area (Å²) in [5.41, 5.74) is 1.86. The third-order valence-electron chi connectivity index (χ3n) is 2.77. The normalized spacial score (nSPS) is 12.0. The van der Waals surface area contributed by atoms with Crippen molar-refractivity contribution >= 4 is 17.7 Å². The topological polar surface area (TPSA) is 54.5 Å². The molecule has 0 bridgehead atoms. The van der Waals surface area contributed by atoms with E-state index in [1.54, 1.807) is 18.3 Å². The van der Waals surface area contributed by atoms with Gasteiger partial charge in [0, 0.05) is 19.4 Å². The van der Waals surface area contributed by atoms with Crippen molar-refractivity contribution in [2.24, 2.45) is 7.05 Å². The fourth-order valence-electron chi connectivity index (χ4n) is 1.75. The van der Waals surface area contributed by atoms with Crippen LogP contribution in [0, 0.1) is 11.3 Å². The molecule has 2 rings (SSSR count). The van der Waals surface area contributed by atoms with E-state index in [-0.39, 0.29) is 0 Å². The lowest BCUT2D eigenvalue weighted by atomic mass is 10.2. The van der Waals surface area contributed by atoms with Gasteiger partial charge in [0.05, 0.1) is 16.3 Å². The lowest BCUT2D eigenvalue weighted by Gasteiger charge is -1.98. The molecule has 4 nitrogen and oxygen atoms in total. The maximum Gasteiger partial charge on any atom is 0.159 e. The molecule has 0 aliphatic carbocycles. The summed E-state index contributed by atoms with van der Waals surface area (Å²) in [5.74, 6) is 0.763. The molecule has 0 fully saturated rings. The van der Waals surface area contributed by atoms with Crippen molar-refractivity contribution in [2.75, 3.05) is 0 Å². The van der Waals surface area contributed by atoms with E-state index in [0.717, 1.165) is 17.2 Å². The van der Waals surface area contributed by atoms with Crippen LogP contribution in [0.4, 0.5) is 0 Å². The number of nitriles is 1. The lowest BCUT2D eigenvalue weighted by Crippen LogP contribution is -1.92. The summed E-state index contributed by atoms with van der Waals surface area (Å²) < 4.78 is 1.89. The smallest absolute Gasteiger partial charge is 0.159 e. The molecule has 104 valence electrons. The summed E-state index contributed by atoms with van der Waals surface area (Å²) in [6, 6.07) is 7.64. The molecule has 0 unspecified atom stereocenters. The Morgan fingerprint density at radius 2 is 2.29 bits per heavy atom. The summed E-state index contributed by atoms with van der Waals surface area (Å²) >= 11 is 6.01. The number of allylic oxidation sites excluding steroid dienone is 4. The third-order valence-corrected chi connectivity index (χ3v) is 3.10. The highest BCUT2D eigenvalue weighted by Gasteiger charge is 2.06. The van der Waals surface area contributed by atoms with Crippen LogP contribution in [0.5, 0.6) is 0 Å². The van der Waals surface area contributed by atoms with E-state index in [9.17, 15) is 0 Å². The van der Waals surface area contributed by atoms with E-state index in [1.165, 1.54) is 6.08 Å². The van der Waals surface area contributed by atoms with Gasteiger partial charge in [-0.05, 0) is 24.3 Å². The maximum atomic E-state index is 8.87. The van der Waals surface area contributed by atoms with Gasteiger partial charge >= 0.3 is 0 Å². The molecule has 0 radical (unpaired) electrons. The molecule has 2 aromatic heterocycles. The van der Waals surface area contributed by atoms with Gasteiger partial charge in [-0.1, -0.05) is 30.3 Å². The number of rotatable bonds is 4. The monoisotopic (exact) mass is 296 g/mol. The molecular weight excluding hydrogens is 284 g/mol. The van der Waals surface area contributed by atoms with E-state index < -0.39 is 0 Å². The fraction of sp³-hybridized carbons (Fsp3) is 0.0625. The molecule has 0 aromatic carbocycles. The number of nitrogens with zero attached hydrogens (tertiary/aromatic N) is 4. The molecule has 0 aliphatic heterocycles. The second-order valence-corrected chi connectivity index (χ2v) is 4.63. The summed E-state index contributed by atoms with van der Waals surface area (Å²) in [7, 11) is 1.90. The Morgan fingerprint density at radius 3 is 2.90 bits per heavy atom. The summed E-state index contributed by atoms with van der Waals surface area (Å²) in [5, 5.41) is 9.20. The molecule has 0 N–H and O–H groups in total. The minimum Gasteiger partial charge on any atom is -0.332 e. The predicted octanol–water partition coefficient (Wildman–Crippen LogP) is 3.70. The Labute approximate surface area is 128 Å². The maximum absolute atomic E-state index is 8.87. The zero-order valence-electron chi connectivity index (χ0n) is 11.5. The number of halogens is 1. The number of hydrogen-bond donors (Lipinski definition) is 0. The summed E-state index contributed by atoms with van der Waals surface area (Å²) in [4.78, 5) is 8.76. The molecule has 0 amide bonds. The van der Waals surface area contributed by atoms with Gasteiger partial charge in [0.25, 0.3) is 0 Å². The lowest BCUT2D eigenvalue weighted by molar-refractivity contribution is 0.917. The Kier molecular flexibility index (Phi) is 4.70. The van der Waals surface area contributed by atoms with Gasteiger partial charge in [0.15, 0.2) is 5.82 Å². The van der Waals surface area contributed by atoms with Crippen molar-refractivity contribution in [1.82, 2.24) is 14.5 Å². The average molecular weight is 297 g/mol. The molecule has 2 heterocycles. The van der Waals surface area contributed by atoms with Gasteiger partial charge in [-0.2, -0.15) is 5.26 Å². The number of aromatic nitrogens is 3. The second-order valence-electron chi connectivity index (χ2n) is 4.23. The van der Waals surface area contributed by atoms with Gasteiger partial charge in [0.2, 0.25) is 0 Å². The Balaban J connectivity index is 2.31. The van der Waals surface area contributed by atoms with Gasteiger partial charge < -0.3 is 4.57 Å². The molecule has 21 heavy (non-hydrogen) atoms. The van der Waals surface area contributed by atoms with Crippen LogP contribution in [0.15, 0.2) is 59.9 Å². The van der Waals surface area contributed by atoms with Crippen LogP contribution < -0.4 is 0 Å². The number of aryl methyl sites for hydroxylation is 1. The number of hydrogen-bond acceptors (Lipinski definition) is 3. The molecule has 0 aliphatic rings. The van der Waals surface area contributed by atoms with Gasteiger partial charge in [-0.25, -0.2) is 4.98 Å². The zero-order valence-corrected chi connectivity index (χ0v) is 12.2. The molecule has 5 heteroatoms. The number of pyridine rings is 1. The van der Waals surface area contributed by atoms with Crippen LogP contribution >= 0.6 is 11.6 Å². The van der Waals surface area contributed by atoms with Gasteiger partial charge in [0.1, 0.15) is 11.8 Å². The molecule has 0 saturated carbocycles.